The molecule has 8 heteroatoms. The predicted octanol–water partition coefficient (Wildman–Crippen LogP) is 4.39. The van der Waals surface area contributed by atoms with Gasteiger partial charge in [-0.05, 0) is 47.4 Å². The first-order chi connectivity index (χ1) is 15.0. The summed E-state index contributed by atoms with van der Waals surface area (Å²) in [6, 6.07) is 13.8. The van der Waals surface area contributed by atoms with Crippen molar-refractivity contribution in [1.82, 2.24) is 14.5 Å². The molecule has 0 spiro atoms. The van der Waals surface area contributed by atoms with Crippen molar-refractivity contribution in [2.45, 2.75) is 31.1 Å². The second kappa shape index (κ2) is 8.52. The number of nitriles is 1. The van der Waals surface area contributed by atoms with E-state index in [-0.39, 0.29) is 16.1 Å². The molecule has 0 amide bonds. The van der Waals surface area contributed by atoms with Crippen LogP contribution in [0.5, 0.6) is 0 Å². The molecule has 0 saturated heterocycles. The van der Waals surface area contributed by atoms with Crippen LogP contribution in [0, 0.1) is 11.3 Å². The van der Waals surface area contributed by atoms with Crippen LogP contribution in [0.1, 0.15) is 37.6 Å². The molecule has 0 radical (unpaired) electrons. The molecule has 0 unspecified atom stereocenters. The van der Waals surface area contributed by atoms with E-state index in [0.717, 1.165) is 11.3 Å². The highest BCUT2D eigenvalue weighted by Gasteiger charge is 2.20. The summed E-state index contributed by atoms with van der Waals surface area (Å²) < 4.78 is 30.2. The third-order valence-electron chi connectivity index (χ3n) is 5.03. The van der Waals surface area contributed by atoms with Crippen molar-refractivity contribution in [2.75, 3.05) is 18.8 Å². The first kappa shape index (κ1) is 23.1. The summed E-state index contributed by atoms with van der Waals surface area (Å²) in [6.45, 7) is 9.94. The maximum Gasteiger partial charge on any atom is 0.263 e. The Balaban J connectivity index is 2.08. The van der Waals surface area contributed by atoms with Gasteiger partial charge < -0.3 is 4.90 Å². The molecule has 0 atom stereocenters. The minimum Gasteiger partial charge on any atom is -0.376 e. The van der Waals surface area contributed by atoms with E-state index >= 15 is 0 Å². The van der Waals surface area contributed by atoms with Gasteiger partial charge in [0.2, 0.25) is 0 Å². The summed E-state index contributed by atoms with van der Waals surface area (Å²) in [5, 5.41) is 14.1. The van der Waals surface area contributed by atoms with E-state index < -0.39 is 10.0 Å². The molecule has 2 aromatic heterocycles. The molecule has 2 heterocycles. The molecule has 1 aromatic carbocycles. The predicted molar refractivity (Wildman–Crippen MR) is 128 cm³/mol. The van der Waals surface area contributed by atoms with E-state index in [1.54, 1.807) is 36.4 Å². The Kier molecular flexibility index (Phi) is 6.15. The van der Waals surface area contributed by atoms with Gasteiger partial charge in [-0.3, -0.25) is 4.72 Å². The van der Waals surface area contributed by atoms with Crippen LogP contribution >= 0.6 is 0 Å². The van der Waals surface area contributed by atoms with Gasteiger partial charge >= 0.3 is 0 Å². The number of rotatable bonds is 6. The lowest BCUT2D eigenvalue weighted by Gasteiger charge is -2.19. The number of nitrogens with one attached hydrogen (secondary N) is 1. The molecule has 0 saturated carbocycles. The number of fused-ring (bicyclic) bond motifs is 1. The molecular formula is C24H27N5O2S. The maximum absolute atomic E-state index is 13.1. The average Bonchev–Trinajstić information content (AvgIpc) is 3.16. The molecule has 0 fully saturated rings. The maximum atomic E-state index is 13.1. The number of anilines is 1. The van der Waals surface area contributed by atoms with Gasteiger partial charge in [0.1, 0.15) is 17.6 Å². The van der Waals surface area contributed by atoms with Crippen LogP contribution in [0.15, 0.2) is 66.1 Å². The average molecular weight is 450 g/mol. The summed E-state index contributed by atoms with van der Waals surface area (Å²) >= 11 is 0. The number of nitrogens with zero attached hydrogens (tertiary/aromatic N) is 4. The van der Waals surface area contributed by atoms with Crippen LogP contribution in [0.3, 0.4) is 0 Å². The number of benzene rings is 1. The molecule has 0 bridgehead atoms. The minimum absolute atomic E-state index is 0.0798. The highest BCUT2D eigenvalue weighted by molar-refractivity contribution is 7.92. The summed E-state index contributed by atoms with van der Waals surface area (Å²) in [7, 11) is -0.118. The van der Waals surface area contributed by atoms with E-state index in [9.17, 15) is 13.7 Å². The number of sulfonamides is 1. The van der Waals surface area contributed by atoms with E-state index in [1.165, 1.54) is 10.6 Å². The molecule has 7 nitrogen and oxygen atoms in total. The standard InChI is InChI=1S/C24H27N5O2S/c1-7-8-21(28(5)6)20-15-22-17(16-25)9-14-23(29(22)26-20)27-32(30,31)19-12-10-18(11-13-19)24(2,3)4/h7-15,27H,1H2,2-6H3/b21-8-. The van der Waals surface area contributed by atoms with Crippen molar-refractivity contribution < 1.29 is 8.42 Å². The Morgan fingerprint density at radius 1 is 1.19 bits per heavy atom. The third-order valence-corrected chi connectivity index (χ3v) is 6.40. The zero-order valence-corrected chi connectivity index (χ0v) is 19.7. The van der Waals surface area contributed by atoms with Gasteiger partial charge in [-0.2, -0.15) is 10.4 Å². The van der Waals surface area contributed by atoms with E-state index in [0.29, 0.717) is 16.8 Å². The van der Waals surface area contributed by atoms with Gasteiger partial charge in [0.15, 0.2) is 0 Å². The monoisotopic (exact) mass is 449 g/mol. The van der Waals surface area contributed by atoms with Crippen molar-refractivity contribution in [3.8, 4) is 6.07 Å². The number of hydrogen-bond donors (Lipinski definition) is 1. The Morgan fingerprint density at radius 3 is 2.38 bits per heavy atom. The zero-order valence-electron chi connectivity index (χ0n) is 18.9. The first-order valence-electron chi connectivity index (χ1n) is 10.0. The van der Waals surface area contributed by atoms with Crippen molar-refractivity contribution in [3.05, 3.63) is 78.0 Å². The molecular weight excluding hydrogens is 422 g/mol. The lowest BCUT2D eigenvalue weighted by Crippen LogP contribution is -2.17. The second-order valence-electron chi connectivity index (χ2n) is 8.63. The molecule has 32 heavy (non-hydrogen) atoms. The number of allylic oxidation sites excluding steroid dienone is 2. The fraction of sp³-hybridized carbons (Fsp3) is 0.250. The molecule has 1 N–H and O–H groups in total. The Morgan fingerprint density at radius 2 is 1.84 bits per heavy atom. The van der Waals surface area contributed by atoms with Gasteiger partial charge in [-0.1, -0.05) is 45.6 Å². The fourth-order valence-electron chi connectivity index (χ4n) is 3.28. The highest BCUT2D eigenvalue weighted by Crippen LogP contribution is 2.26. The summed E-state index contributed by atoms with van der Waals surface area (Å²) in [6.07, 6.45) is 3.45. The van der Waals surface area contributed by atoms with Crippen LogP contribution in [-0.2, 0) is 15.4 Å². The van der Waals surface area contributed by atoms with Gasteiger partial charge in [0.05, 0.1) is 21.7 Å². The largest absolute Gasteiger partial charge is 0.376 e. The fourth-order valence-corrected chi connectivity index (χ4v) is 4.32. The molecule has 3 aromatic rings. The number of aromatic nitrogens is 2. The van der Waals surface area contributed by atoms with E-state index in [2.05, 4.69) is 43.2 Å². The van der Waals surface area contributed by atoms with Crippen LogP contribution in [0.4, 0.5) is 5.82 Å². The van der Waals surface area contributed by atoms with Crippen molar-refractivity contribution in [2.24, 2.45) is 0 Å². The highest BCUT2D eigenvalue weighted by atomic mass is 32.2. The van der Waals surface area contributed by atoms with Crippen LogP contribution in [0.2, 0.25) is 0 Å². The molecule has 0 aliphatic rings. The van der Waals surface area contributed by atoms with Crippen LogP contribution < -0.4 is 4.72 Å². The van der Waals surface area contributed by atoms with Gasteiger partial charge in [0, 0.05) is 14.1 Å². The van der Waals surface area contributed by atoms with Crippen molar-refractivity contribution in [3.63, 3.8) is 0 Å². The van der Waals surface area contributed by atoms with Crippen LogP contribution in [0.25, 0.3) is 11.2 Å². The van der Waals surface area contributed by atoms with Gasteiger partial charge in [-0.25, -0.2) is 12.9 Å². The minimum atomic E-state index is -3.86. The molecule has 166 valence electrons. The lowest BCUT2D eigenvalue weighted by molar-refractivity contribution is 0.587. The Bertz CT molecular complexity index is 1340. The van der Waals surface area contributed by atoms with Crippen molar-refractivity contribution >= 4 is 27.1 Å². The second-order valence-corrected chi connectivity index (χ2v) is 10.3. The lowest BCUT2D eigenvalue weighted by atomic mass is 9.87. The third kappa shape index (κ3) is 4.53. The van der Waals surface area contributed by atoms with Crippen LogP contribution in [-0.4, -0.2) is 37.0 Å². The first-order valence-corrected chi connectivity index (χ1v) is 11.5. The quantitative estimate of drug-likeness (QED) is 0.564. The number of hydrogen-bond acceptors (Lipinski definition) is 5. The Hall–Kier alpha value is -3.57. The van der Waals surface area contributed by atoms with Gasteiger partial charge in [0.25, 0.3) is 10.0 Å². The summed E-state index contributed by atoms with van der Waals surface area (Å²) in [5.41, 5.74) is 3.22. The molecule has 3 rings (SSSR count). The SMILES string of the molecule is C=C/C=C(/c1cc2c(C#N)ccc(NS(=O)(=O)c3ccc(C(C)(C)C)cc3)n2n1)N(C)C. The topological polar surface area (TPSA) is 90.5 Å². The van der Waals surface area contributed by atoms with E-state index in [4.69, 9.17) is 0 Å². The Labute approximate surface area is 189 Å². The summed E-state index contributed by atoms with van der Waals surface area (Å²) in [5.74, 6) is 0.238. The number of pyridine rings is 1. The smallest absolute Gasteiger partial charge is 0.263 e. The summed E-state index contributed by atoms with van der Waals surface area (Å²) in [4.78, 5) is 2.02. The van der Waals surface area contributed by atoms with E-state index in [1.807, 2.05) is 31.1 Å². The van der Waals surface area contributed by atoms with Crippen molar-refractivity contribution in [1.29, 1.82) is 5.26 Å². The van der Waals surface area contributed by atoms with Gasteiger partial charge in [-0.15, -0.1) is 0 Å². The molecule has 0 aliphatic carbocycles. The normalized spacial score (nSPS) is 12.4. The zero-order chi connectivity index (χ0) is 23.7. The molecule has 0 aliphatic heterocycles.